The van der Waals surface area contributed by atoms with Crippen LogP contribution in [-0.4, -0.2) is 41.4 Å². The molecule has 3 heterocycles. The number of nitrogens with two attached hydrogens (primary N) is 1. The predicted molar refractivity (Wildman–Crippen MR) is 135 cm³/mol. The van der Waals surface area contributed by atoms with E-state index < -0.39 is 7.14 Å². The lowest BCUT2D eigenvalue weighted by atomic mass is 9.73. The second-order valence-corrected chi connectivity index (χ2v) is 13.9. The lowest BCUT2D eigenvalue weighted by Gasteiger charge is -2.42. The topological polar surface area (TPSA) is 85.0 Å². The molecule has 2 aromatic heterocycles. The maximum atomic E-state index is 12.5. The average molecular weight is 500 g/mol. The van der Waals surface area contributed by atoms with Crippen molar-refractivity contribution in [3.05, 3.63) is 65.2 Å². The molecule has 1 spiro atoms. The fraction of sp³-hybridized carbons (Fsp3) is 0.375. The molecule has 1 atom stereocenters. The zero-order valence-electron chi connectivity index (χ0n) is 18.7. The number of rotatable bonds is 4. The van der Waals surface area contributed by atoms with Gasteiger partial charge in [-0.25, -0.2) is 9.97 Å². The minimum absolute atomic E-state index is 0.0512. The van der Waals surface area contributed by atoms with Crippen LogP contribution >= 0.6 is 30.5 Å². The fourth-order valence-electron chi connectivity index (χ4n) is 4.96. The van der Waals surface area contributed by atoms with Crippen molar-refractivity contribution in [1.29, 1.82) is 0 Å². The van der Waals surface area contributed by atoms with Crippen LogP contribution in [0.4, 0.5) is 5.82 Å². The normalized spacial score (nSPS) is 19.6. The van der Waals surface area contributed by atoms with Crippen molar-refractivity contribution in [3.63, 3.8) is 0 Å². The first-order chi connectivity index (χ1) is 15.8. The van der Waals surface area contributed by atoms with Crippen molar-refractivity contribution in [2.24, 2.45) is 11.1 Å². The molecule has 9 heteroatoms. The number of nitrogens with zero attached hydrogens (tertiary/aromatic N) is 4. The zero-order chi connectivity index (χ0) is 23.2. The lowest BCUT2D eigenvalue weighted by molar-refractivity contribution is 0.186. The molecule has 0 unspecified atom stereocenters. The summed E-state index contributed by atoms with van der Waals surface area (Å²) in [6.07, 6.45) is 8.46. The number of anilines is 1. The predicted octanol–water partition coefficient (Wildman–Crippen LogP) is 4.77. The number of hydrogen-bond acceptors (Lipinski definition) is 7. The van der Waals surface area contributed by atoms with Gasteiger partial charge in [0.2, 0.25) is 0 Å². The molecule has 0 bridgehead atoms. The molecule has 3 aromatic rings. The highest BCUT2D eigenvalue weighted by Gasteiger charge is 2.46. The Morgan fingerprint density at radius 3 is 2.58 bits per heavy atom. The smallest absolute Gasteiger partial charge is 0.147 e. The number of hydrogen-bond donors (Lipinski definition) is 1. The molecular formula is C24H27ClN5OPS. The van der Waals surface area contributed by atoms with E-state index in [0.717, 1.165) is 53.8 Å². The van der Waals surface area contributed by atoms with Crippen LogP contribution in [-0.2, 0) is 11.0 Å². The highest BCUT2D eigenvalue weighted by Crippen LogP contribution is 2.50. The van der Waals surface area contributed by atoms with Gasteiger partial charge in [0.1, 0.15) is 18.0 Å². The second kappa shape index (κ2) is 8.70. The average Bonchev–Trinajstić information content (AvgIpc) is 3.07. The summed E-state index contributed by atoms with van der Waals surface area (Å²) in [5.41, 5.74) is 9.12. The Balaban J connectivity index is 1.26. The van der Waals surface area contributed by atoms with Gasteiger partial charge in [-0.05, 0) is 61.8 Å². The summed E-state index contributed by atoms with van der Waals surface area (Å²) in [6, 6.07) is 9.79. The van der Waals surface area contributed by atoms with E-state index in [-0.39, 0.29) is 11.5 Å². The molecule has 1 aliphatic heterocycles. The van der Waals surface area contributed by atoms with E-state index in [9.17, 15) is 4.57 Å². The van der Waals surface area contributed by atoms with Crippen LogP contribution in [0.3, 0.4) is 0 Å². The summed E-state index contributed by atoms with van der Waals surface area (Å²) >= 11 is 7.98. The Kier molecular flexibility index (Phi) is 6.02. The third-order valence-corrected chi connectivity index (χ3v) is 10.0. The van der Waals surface area contributed by atoms with E-state index in [4.69, 9.17) is 17.3 Å². The van der Waals surface area contributed by atoms with Crippen LogP contribution in [0.1, 0.15) is 30.1 Å². The molecule has 1 aromatic carbocycles. The van der Waals surface area contributed by atoms with Gasteiger partial charge in [0.25, 0.3) is 0 Å². The van der Waals surface area contributed by atoms with E-state index in [2.05, 4.69) is 25.9 Å². The summed E-state index contributed by atoms with van der Waals surface area (Å²) in [5.74, 6) is 0.878. The molecule has 33 heavy (non-hydrogen) atoms. The second-order valence-electron chi connectivity index (χ2n) is 9.30. The number of halogens is 1. The van der Waals surface area contributed by atoms with Crippen LogP contribution < -0.4 is 15.9 Å². The SMILES string of the molecule is CP(C)(=O)c1cccc(Sc2cnc(N3CCC4(CC3)Cc3ncccc3[C@H]4N)cn2)c1Cl. The Morgan fingerprint density at radius 1 is 1.12 bits per heavy atom. The van der Waals surface area contributed by atoms with Crippen molar-refractivity contribution in [3.8, 4) is 0 Å². The lowest BCUT2D eigenvalue weighted by Crippen LogP contribution is -2.44. The summed E-state index contributed by atoms with van der Waals surface area (Å²) in [4.78, 5) is 17.0. The number of aromatic nitrogens is 3. The fourth-order valence-corrected chi connectivity index (χ4v) is 7.70. The monoisotopic (exact) mass is 499 g/mol. The van der Waals surface area contributed by atoms with Gasteiger partial charge >= 0.3 is 0 Å². The third-order valence-electron chi connectivity index (χ3n) is 6.88. The van der Waals surface area contributed by atoms with Gasteiger partial charge in [-0.3, -0.25) is 4.98 Å². The zero-order valence-corrected chi connectivity index (χ0v) is 21.2. The largest absolute Gasteiger partial charge is 0.355 e. The van der Waals surface area contributed by atoms with Crippen molar-refractivity contribution in [2.45, 2.75) is 35.2 Å². The number of pyridine rings is 1. The van der Waals surface area contributed by atoms with Crippen LogP contribution in [0, 0.1) is 5.41 Å². The summed E-state index contributed by atoms with van der Waals surface area (Å²) < 4.78 is 12.5. The van der Waals surface area contributed by atoms with Gasteiger partial charge in [0.05, 0.1) is 17.4 Å². The molecule has 6 nitrogen and oxygen atoms in total. The first-order valence-electron chi connectivity index (χ1n) is 11.1. The van der Waals surface area contributed by atoms with Gasteiger partial charge in [-0.1, -0.05) is 35.5 Å². The molecule has 0 radical (unpaired) electrons. The molecule has 1 saturated heterocycles. The van der Waals surface area contributed by atoms with Crippen molar-refractivity contribution in [2.75, 3.05) is 31.3 Å². The molecule has 0 saturated carbocycles. The Morgan fingerprint density at radius 2 is 1.91 bits per heavy atom. The van der Waals surface area contributed by atoms with Gasteiger partial charge in [-0.15, -0.1) is 0 Å². The highest BCUT2D eigenvalue weighted by atomic mass is 35.5. The molecule has 2 N–H and O–H groups in total. The molecular weight excluding hydrogens is 473 g/mol. The van der Waals surface area contributed by atoms with Crippen LogP contribution in [0.25, 0.3) is 0 Å². The van der Waals surface area contributed by atoms with Crippen LogP contribution in [0.15, 0.2) is 58.8 Å². The van der Waals surface area contributed by atoms with Crippen molar-refractivity contribution in [1.82, 2.24) is 15.0 Å². The van der Waals surface area contributed by atoms with Gasteiger partial charge in [0.15, 0.2) is 0 Å². The molecule has 172 valence electrons. The van der Waals surface area contributed by atoms with Crippen molar-refractivity contribution >= 4 is 41.6 Å². The number of piperidine rings is 1. The Bertz CT molecular complexity index is 1220. The van der Waals surface area contributed by atoms with E-state index in [0.29, 0.717) is 10.3 Å². The molecule has 1 fully saturated rings. The first kappa shape index (κ1) is 22.9. The van der Waals surface area contributed by atoms with Crippen molar-refractivity contribution < 1.29 is 4.57 Å². The van der Waals surface area contributed by atoms with Gasteiger partial charge in [0, 0.05) is 41.2 Å². The van der Waals surface area contributed by atoms with E-state index >= 15 is 0 Å². The van der Waals surface area contributed by atoms with Crippen LogP contribution in [0.5, 0.6) is 0 Å². The number of fused-ring (bicyclic) bond motifs is 1. The summed E-state index contributed by atoms with van der Waals surface area (Å²) in [6.45, 7) is 5.26. The summed E-state index contributed by atoms with van der Waals surface area (Å²) in [5, 5.41) is 1.99. The van der Waals surface area contributed by atoms with E-state index in [1.54, 1.807) is 19.5 Å². The van der Waals surface area contributed by atoms with E-state index in [1.807, 2.05) is 36.7 Å². The van der Waals surface area contributed by atoms with E-state index in [1.165, 1.54) is 17.3 Å². The van der Waals surface area contributed by atoms with Crippen LogP contribution in [0.2, 0.25) is 5.02 Å². The molecule has 5 rings (SSSR count). The summed E-state index contributed by atoms with van der Waals surface area (Å²) in [7, 11) is -2.45. The highest BCUT2D eigenvalue weighted by molar-refractivity contribution is 7.99. The maximum Gasteiger partial charge on any atom is 0.147 e. The quantitative estimate of drug-likeness (QED) is 0.517. The third kappa shape index (κ3) is 4.32. The maximum absolute atomic E-state index is 12.5. The standard InChI is InChI=1S/C24H27ClN5OPS/c1-32(2,31)18-6-3-7-19(22(18)25)33-21-15-28-20(14-29-21)30-11-8-24(9-12-30)13-17-16(23(24)26)5-4-10-27-17/h3-7,10,14-15,23H,8-9,11-13,26H2,1-2H3/t23-/m1/s1. The minimum atomic E-state index is -2.45. The molecule has 2 aliphatic rings. The molecule has 0 amide bonds. The first-order valence-corrected chi connectivity index (χ1v) is 14.8. The minimum Gasteiger partial charge on any atom is -0.355 e. The van der Waals surface area contributed by atoms with Gasteiger partial charge in [-0.2, -0.15) is 0 Å². The van der Waals surface area contributed by atoms with Gasteiger partial charge < -0.3 is 15.2 Å². The Hall–Kier alpha value is -1.92. The number of benzene rings is 1. The molecule has 1 aliphatic carbocycles. The Labute approximate surface area is 203 Å².